The first-order chi connectivity index (χ1) is 16.3. The zero-order chi connectivity index (χ0) is 24.2. The number of pyridine rings is 1. The van der Waals surface area contributed by atoms with Gasteiger partial charge in [0.1, 0.15) is 5.82 Å². The van der Waals surface area contributed by atoms with Gasteiger partial charge in [-0.1, -0.05) is 12.1 Å². The minimum atomic E-state index is -0.934. The van der Waals surface area contributed by atoms with Crippen LogP contribution in [0.4, 0.5) is 31.7 Å². The normalized spacial score (nSPS) is 17.9. The summed E-state index contributed by atoms with van der Waals surface area (Å²) in [7, 11) is 0. The Labute approximate surface area is 197 Å². The van der Waals surface area contributed by atoms with Crippen LogP contribution in [0, 0.1) is 11.6 Å². The molecular weight excluding hydrogens is 438 g/mol. The van der Waals surface area contributed by atoms with Gasteiger partial charge < -0.3 is 26.6 Å². The van der Waals surface area contributed by atoms with Crippen LogP contribution in [0.2, 0.25) is 0 Å². The van der Waals surface area contributed by atoms with E-state index >= 15 is 0 Å². The number of nitrogens with one attached hydrogen (secondary N) is 3. The van der Waals surface area contributed by atoms with Gasteiger partial charge in [-0.2, -0.15) is 0 Å². The molecule has 1 aliphatic rings. The molecule has 2 heterocycles. The number of benzene rings is 2. The third kappa shape index (κ3) is 5.43. The van der Waals surface area contributed by atoms with Gasteiger partial charge in [0.15, 0.2) is 11.6 Å². The van der Waals surface area contributed by atoms with E-state index in [1.54, 1.807) is 6.07 Å². The molecule has 0 saturated carbocycles. The van der Waals surface area contributed by atoms with E-state index in [9.17, 15) is 13.6 Å². The van der Waals surface area contributed by atoms with Crippen molar-refractivity contribution in [3.05, 3.63) is 77.5 Å². The van der Waals surface area contributed by atoms with E-state index in [1.807, 2.05) is 12.1 Å². The van der Waals surface area contributed by atoms with Crippen LogP contribution in [0.25, 0.3) is 0 Å². The second-order valence-corrected chi connectivity index (χ2v) is 8.59. The topological polar surface area (TPSA) is 95.3 Å². The standard InChI is InChI=1S/C25H28F2N6O/c1-15-13-33(14-16(2)31-15)19-8-6-18(7-9-19)32-23-10-22(20(12-30-23)25(28)34)29-11-17-4-3-5-21(26)24(17)27/h3-10,12,15-16,31H,11,13-14H2,1-2H3,(H2,28,34)(H2,29,30,32)/t15-,16+. The van der Waals surface area contributed by atoms with E-state index in [2.05, 4.69) is 51.8 Å². The second-order valence-electron chi connectivity index (χ2n) is 8.59. The summed E-state index contributed by atoms with van der Waals surface area (Å²) in [6.45, 7) is 6.20. The number of primary amides is 1. The van der Waals surface area contributed by atoms with Crippen LogP contribution in [0.15, 0.2) is 54.7 Å². The first kappa shape index (κ1) is 23.4. The fourth-order valence-corrected chi connectivity index (χ4v) is 4.18. The number of aromatic nitrogens is 1. The highest BCUT2D eigenvalue weighted by Gasteiger charge is 2.21. The smallest absolute Gasteiger partial charge is 0.252 e. The number of carbonyl (C=O) groups excluding carboxylic acids is 1. The van der Waals surface area contributed by atoms with Gasteiger partial charge in [-0.05, 0) is 44.2 Å². The van der Waals surface area contributed by atoms with Crippen LogP contribution in [0.3, 0.4) is 0 Å². The van der Waals surface area contributed by atoms with Gasteiger partial charge in [0.25, 0.3) is 5.91 Å². The van der Waals surface area contributed by atoms with E-state index in [0.29, 0.717) is 23.6 Å². The average Bonchev–Trinajstić information content (AvgIpc) is 2.80. The van der Waals surface area contributed by atoms with Gasteiger partial charge >= 0.3 is 0 Å². The van der Waals surface area contributed by atoms with E-state index in [0.717, 1.165) is 30.5 Å². The molecule has 1 aliphatic heterocycles. The monoisotopic (exact) mass is 466 g/mol. The molecule has 0 bridgehead atoms. The Hall–Kier alpha value is -3.72. The zero-order valence-corrected chi connectivity index (χ0v) is 19.1. The quantitative estimate of drug-likeness (QED) is 0.421. The summed E-state index contributed by atoms with van der Waals surface area (Å²) >= 11 is 0. The summed E-state index contributed by atoms with van der Waals surface area (Å²) in [5, 5.41) is 9.70. The summed E-state index contributed by atoms with van der Waals surface area (Å²) < 4.78 is 27.5. The summed E-state index contributed by atoms with van der Waals surface area (Å²) in [6, 6.07) is 14.4. The van der Waals surface area contributed by atoms with Crippen LogP contribution in [0.5, 0.6) is 0 Å². The van der Waals surface area contributed by atoms with Gasteiger partial charge in [-0.25, -0.2) is 13.8 Å². The van der Waals surface area contributed by atoms with E-state index in [-0.39, 0.29) is 17.7 Å². The van der Waals surface area contributed by atoms with Crippen LogP contribution < -0.4 is 26.6 Å². The van der Waals surface area contributed by atoms with E-state index in [4.69, 9.17) is 5.73 Å². The SMILES string of the molecule is C[C@@H]1CN(c2ccc(Nc3cc(NCc4cccc(F)c4F)c(C(N)=O)cn3)cc2)C[C@H](C)N1. The highest BCUT2D eigenvalue weighted by atomic mass is 19.2. The molecular formula is C25H28F2N6O. The lowest BCUT2D eigenvalue weighted by Gasteiger charge is -2.37. The lowest BCUT2D eigenvalue weighted by Crippen LogP contribution is -2.54. The van der Waals surface area contributed by atoms with Crippen LogP contribution in [0.1, 0.15) is 29.8 Å². The number of piperazine rings is 1. The molecule has 2 aromatic carbocycles. The molecule has 0 radical (unpaired) electrons. The van der Waals surface area contributed by atoms with Crippen LogP contribution in [-0.2, 0) is 6.54 Å². The molecule has 0 aliphatic carbocycles. The lowest BCUT2D eigenvalue weighted by atomic mass is 10.1. The molecule has 9 heteroatoms. The molecule has 1 fully saturated rings. The predicted octanol–water partition coefficient (Wildman–Crippen LogP) is 4.00. The fraction of sp³-hybridized carbons (Fsp3) is 0.280. The number of nitrogens with two attached hydrogens (primary N) is 1. The Balaban J connectivity index is 1.49. The number of hydrogen-bond donors (Lipinski definition) is 4. The summed E-state index contributed by atoms with van der Waals surface area (Å²) in [5.74, 6) is -2.06. The van der Waals surface area contributed by atoms with Gasteiger partial charge in [0.2, 0.25) is 0 Å². The molecule has 3 aromatic rings. The van der Waals surface area contributed by atoms with Crippen molar-refractivity contribution < 1.29 is 13.6 Å². The number of anilines is 4. The fourth-order valence-electron chi connectivity index (χ4n) is 4.18. The summed E-state index contributed by atoms with van der Waals surface area (Å²) in [6.07, 6.45) is 1.35. The minimum Gasteiger partial charge on any atom is -0.380 e. The predicted molar refractivity (Wildman–Crippen MR) is 130 cm³/mol. The van der Waals surface area contributed by atoms with Crippen LogP contribution in [-0.4, -0.2) is 36.1 Å². The Morgan fingerprint density at radius 2 is 1.85 bits per heavy atom. The maximum atomic E-state index is 14.0. The van der Waals surface area contributed by atoms with Crippen molar-refractivity contribution in [1.29, 1.82) is 0 Å². The number of amides is 1. The molecule has 7 nitrogen and oxygen atoms in total. The third-order valence-electron chi connectivity index (χ3n) is 5.73. The third-order valence-corrected chi connectivity index (χ3v) is 5.73. The maximum absolute atomic E-state index is 14.0. The Kier molecular flexibility index (Phi) is 6.93. The van der Waals surface area contributed by atoms with Crippen molar-refractivity contribution in [3.8, 4) is 0 Å². The maximum Gasteiger partial charge on any atom is 0.252 e. The van der Waals surface area contributed by atoms with Crippen molar-refractivity contribution in [2.45, 2.75) is 32.5 Å². The first-order valence-electron chi connectivity index (χ1n) is 11.1. The van der Waals surface area contributed by atoms with Gasteiger partial charge in [0, 0.05) is 60.9 Å². The van der Waals surface area contributed by atoms with Gasteiger partial charge in [-0.15, -0.1) is 0 Å². The minimum absolute atomic E-state index is 0.0242. The second kappa shape index (κ2) is 10.0. The summed E-state index contributed by atoms with van der Waals surface area (Å²) in [4.78, 5) is 18.5. The molecule has 0 spiro atoms. The number of halogens is 2. The van der Waals surface area contributed by atoms with Crippen molar-refractivity contribution in [2.75, 3.05) is 28.6 Å². The molecule has 1 aromatic heterocycles. The van der Waals surface area contributed by atoms with E-state index < -0.39 is 17.5 Å². The number of carbonyl (C=O) groups is 1. The Morgan fingerprint density at radius 1 is 1.15 bits per heavy atom. The number of nitrogens with zero attached hydrogens (tertiary/aromatic N) is 2. The van der Waals surface area contributed by atoms with Crippen molar-refractivity contribution >= 4 is 28.8 Å². The summed E-state index contributed by atoms with van der Waals surface area (Å²) in [5.41, 5.74) is 8.08. The molecule has 0 unspecified atom stereocenters. The largest absolute Gasteiger partial charge is 0.380 e. The Bertz CT molecular complexity index is 1160. The molecule has 5 N–H and O–H groups in total. The van der Waals surface area contributed by atoms with Crippen LogP contribution >= 0.6 is 0 Å². The van der Waals surface area contributed by atoms with Crippen molar-refractivity contribution in [1.82, 2.24) is 10.3 Å². The molecule has 34 heavy (non-hydrogen) atoms. The zero-order valence-electron chi connectivity index (χ0n) is 19.1. The van der Waals surface area contributed by atoms with Crippen molar-refractivity contribution in [3.63, 3.8) is 0 Å². The highest BCUT2D eigenvalue weighted by Crippen LogP contribution is 2.25. The Morgan fingerprint density at radius 3 is 2.53 bits per heavy atom. The van der Waals surface area contributed by atoms with E-state index in [1.165, 1.54) is 18.3 Å². The molecule has 2 atom stereocenters. The molecule has 4 rings (SSSR count). The average molecular weight is 467 g/mol. The van der Waals surface area contributed by atoms with Gasteiger partial charge in [0.05, 0.1) is 11.3 Å². The number of rotatable bonds is 7. The lowest BCUT2D eigenvalue weighted by molar-refractivity contribution is 0.100. The molecule has 1 saturated heterocycles. The first-order valence-corrected chi connectivity index (χ1v) is 11.1. The van der Waals surface area contributed by atoms with Gasteiger partial charge in [-0.3, -0.25) is 4.79 Å². The molecule has 178 valence electrons. The van der Waals surface area contributed by atoms with Crippen molar-refractivity contribution in [2.24, 2.45) is 5.73 Å². The number of hydrogen-bond acceptors (Lipinski definition) is 6. The molecule has 1 amide bonds. The highest BCUT2D eigenvalue weighted by molar-refractivity contribution is 5.98.